The van der Waals surface area contributed by atoms with Crippen molar-refractivity contribution in [1.29, 1.82) is 0 Å². The first-order chi connectivity index (χ1) is 18.1. The molecule has 3 aliphatic heterocycles. The highest BCUT2D eigenvalue weighted by atomic mass is 16.5. The van der Waals surface area contributed by atoms with E-state index in [9.17, 15) is 4.79 Å². The minimum absolute atomic E-state index is 0.230. The molecule has 1 amide bonds. The summed E-state index contributed by atoms with van der Waals surface area (Å²) >= 11 is 0. The highest BCUT2D eigenvalue weighted by molar-refractivity contribution is 5.79. The normalized spacial score (nSPS) is 22.5. The molecule has 37 heavy (non-hydrogen) atoms. The summed E-state index contributed by atoms with van der Waals surface area (Å²) in [5.41, 5.74) is 2.97. The van der Waals surface area contributed by atoms with Crippen LogP contribution in [0.2, 0.25) is 0 Å². The van der Waals surface area contributed by atoms with Crippen LogP contribution in [0.5, 0.6) is 5.75 Å². The maximum atomic E-state index is 13.3. The highest BCUT2D eigenvalue weighted by Crippen LogP contribution is 2.39. The average molecular weight is 504 g/mol. The predicted molar refractivity (Wildman–Crippen MR) is 150 cm³/mol. The summed E-state index contributed by atoms with van der Waals surface area (Å²) in [7, 11) is 2.17. The van der Waals surface area contributed by atoms with Gasteiger partial charge in [-0.2, -0.15) is 0 Å². The van der Waals surface area contributed by atoms with E-state index < -0.39 is 0 Å². The van der Waals surface area contributed by atoms with E-state index in [1.54, 1.807) is 0 Å². The Hall–Kier alpha value is -2.37. The Morgan fingerprint density at radius 3 is 2.41 bits per heavy atom. The number of piperidine rings is 2. The molecule has 0 radical (unpaired) electrons. The molecule has 0 aromatic heterocycles. The fourth-order valence-electron chi connectivity index (χ4n) is 6.68. The van der Waals surface area contributed by atoms with Crippen LogP contribution in [0.4, 0.5) is 0 Å². The summed E-state index contributed by atoms with van der Waals surface area (Å²) < 4.78 is 6.33. The van der Waals surface area contributed by atoms with Crippen molar-refractivity contribution < 1.29 is 9.53 Å². The molecule has 3 heterocycles. The molecule has 2 aromatic carbocycles. The molecule has 0 N–H and O–H groups in total. The zero-order valence-corrected chi connectivity index (χ0v) is 22.7. The van der Waals surface area contributed by atoms with E-state index >= 15 is 0 Å². The van der Waals surface area contributed by atoms with E-state index in [-0.39, 0.29) is 11.3 Å². The number of carbonyl (C=O) groups excluding carboxylic acids is 1. The number of ether oxygens (including phenoxy) is 1. The number of aryl methyl sites for hydroxylation is 1. The zero-order chi connectivity index (χ0) is 25.5. The van der Waals surface area contributed by atoms with Gasteiger partial charge in [-0.15, -0.1) is 0 Å². The van der Waals surface area contributed by atoms with Crippen LogP contribution >= 0.6 is 0 Å². The topological polar surface area (TPSA) is 36.0 Å². The number of likely N-dealkylation sites (tertiary alicyclic amines) is 2. The fourth-order valence-corrected chi connectivity index (χ4v) is 6.68. The van der Waals surface area contributed by atoms with E-state index in [0.717, 1.165) is 83.7 Å². The summed E-state index contributed by atoms with van der Waals surface area (Å²) in [5.74, 6) is 1.70. The third-order valence-electron chi connectivity index (χ3n) is 9.05. The zero-order valence-electron chi connectivity index (χ0n) is 22.7. The molecule has 0 aliphatic carbocycles. The lowest BCUT2D eigenvalue weighted by molar-refractivity contribution is -0.139. The number of amides is 1. The molecule has 2 saturated heterocycles. The van der Waals surface area contributed by atoms with E-state index in [1.165, 1.54) is 30.4 Å². The molecular formula is C32H45N3O2. The summed E-state index contributed by atoms with van der Waals surface area (Å²) in [6.45, 7) is 7.61. The highest BCUT2D eigenvalue weighted by Gasteiger charge is 2.38. The van der Waals surface area contributed by atoms with Gasteiger partial charge >= 0.3 is 0 Å². The van der Waals surface area contributed by atoms with Crippen molar-refractivity contribution in [1.82, 2.24) is 14.7 Å². The molecule has 0 atom stereocenters. The van der Waals surface area contributed by atoms with E-state index in [0.29, 0.717) is 12.5 Å². The number of hydrogen-bond donors (Lipinski definition) is 0. The standard InChI is InChI=1S/C32H45N3O2/c1-33-19-14-29(15-20-33)31(36)35-21-17-32(18-22-35)16-8-7-12-28-11-5-6-13-30(28)37-24-23-34(26-32)25-27-9-3-2-4-10-27/h2-6,9-11,13,29H,7-8,12,14-26H2,1H3. The van der Waals surface area contributed by atoms with Gasteiger partial charge in [-0.05, 0) is 87.7 Å². The molecule has 200 valence electrons. The summed E-state index contributed by atoms with van der Waals surface area (Å²) in [6, 6.07) is 19.4. The minimum atomic E-state index is 0.230. The molecule has 2 fully saturated rings. The lowest BCUT2D eigenvalue weighted by atomic mass is 9.73. The van der Waals surface area contributed by atoms with Crippen LogP contribution in [0, 0.1) is 11.3 Å². The molecule has 5 heteroatoms. The lowest BCUT2D eigenvalue weighted by Crippen LogP contribution is -2.50. The Labute approximate surface area is 223 Å². The molecule has 0 unspecified atom stereocenters. The van der Waals surface area contributed by atoms with Gasteiger partial charge in [0, 0.05) is 38.6 Å². The van der Waals surface area contributed by atoms with Gasteiger partial charge in [0.1, 0.15) is 12.4 Å². The first kappa shape index (κ1) is 26.2. The SMILES string of the molecule is CN1CCC(C(=O)N2CCC3(CCCCc4ccccc4OCCN(Cc4ccccc4)C3)CC2)CC1. The Morgan fingerprint density at radius 1 is 0.892 bits per heavy atom. The van der Waals surface area contributed by atoms with Crippen LogP contribution in [-0.4, -0.2) is 73.5 Å². The number of rotatable bonds is 3. The molecule has 1 spiro atoms. The van der Waals surface area contributed by atoms with Gasteiger partial charge in [-0.1, -0.05) is 55.0 Å². The molecule has 0 saturated carbocycles. The smallest absolute Gasteiger partial charge is 0.225 e. The third kappa shape index (κ3) is 6.94. The molecule has 0 bridgehead atoms. The second-order valence-corrected chi connectivity index (χ2v) is 11.8. The van der Waals surface area contributed by atoms with Crippen molar-refractivity contribution in [2.24, 2.45) is 11.3 Å². The van der Waals surface area contributed by atoms with Crippen molar-refractivity contribution in [3.05, 3.63) is 65.7 Å². The van der Waals surface area contributed by atoms with Gasteiger partial charge in [-0.3, -0.25) is 9.69 Å². The molecule has 2 aromatic rings. The van der Waals surface area contributed by atoms with Crippen molar-refractivity contribution in [2.75, 3.05) is 52.9 Å². The van der Waals surface area contributed by atoms with Gasteiger partial charge in [0.15, 0.2) is 0 Å². The third-order valence-corrected chi connectivity index (χ3v) is 9.05. The van der Waals surface area contributed by atoms with Gasteiger partial charge < -0.3 is 14.5 Å². The summed E-state index contributed by atoms with van der Waals surface area (Å²) in [5, 5.41) is 0. The summed E-state index contributed by atoms with van der Waals surface area (Å²) in [4.78, 5) is 20.5. The van der Waals surface area contributed by atoms with Crippen molar-refractivity contribution in [2.45, 2.75) is 57.9 Å². The monoisotopic (exact) mass is 503 g/mol. The van der Waals surface area contributed by atoms with Crippen LogP contribution in [0.3, 0.4) is 0 Å². The van der Waals surface area contributed by atoms with Crippen LogP contribution in [-0.2, 0) is 17.8 Å². The fraction of sp³-hybridized carbons (Fsp3) is 0.594. The van der Waals surface area contributed by atoms with Crippen LogP contribution in [0.25, 0.3) is 0 Å². The average Bonchev–Trinajstić information content (AvgIpc) is 2.92. The number of nitrogens with zero attached hydrogens (tertiary/aromatic N) is 3. The van der Waals surface area contributed by atoms with Gasteiger partial charge in [0.05, 0.1) is 0 Å². The maximum absolute atomic E-state index is 13.3. The number of benzene rings is 2. The Bertz CT molecular complexity index is 994. The lowest BCUT2D eigenvalue weighted by Gasteiger charge is -2.46. The van der Waals surface area contributed by atoms with Crippen LogP contribution < -0.4 is 4.74 Å². The van der Waals surface area contributed by atoms with Gasteiger partial charge in [-0.25, -0.2) is 0 Å². The molecule has 5 nitrogen and oxygen atoms in total. The number of hydrogen-bond acceptors (Lipinski definition) is 4. The minimum Gasteiger partial charge on any atom is -0.492 e. The summed E-state index contributed by atoms with van der Waals surface area (Å²) in [6.07, 6.45) is 9.03. The second kappa shape index (κ2) is 12.4. The van der Waals surface area contributed by atoms with Crippen LogP contribution in [0.1, 0.15) is 56.1 Å². The quantitative estimate of drug-likeness (QED) is 0.574. The first-order valence-electron chi connectivity index (χ1n) is 14.5. The largest absolute Gasteiger partial charge is 0.492 e. The van der Waals surface area contributed by atoms with E-state index in [2.05, 4.69) is 76.3 Å². The molecule has 5 rings (SSSR count). The Balaban J connectivity index is 1.28. The predicted octanol–water partition coefficient (Wildman–Crippen LogP) is 5.24. The van der Waals surface area contributed by atoms with Crippen molar-refractivity contribution in [3.63, 3.8) is 0 Å². The van der Waals surface area contributed by atoms with Crippen molar-refractivity contribution in [3.8, 4) is 5.75 Å². The van der Waals surface area contributed by atoms with Crippen LogP contribution in [0.15, 0.2) is 54.6 Å². The molecule has 3 aliphatic rings. The van der Waals surface area contributed by atoms with E-state index in [4.69, 9.17) is 4.74 Å². The second-order valence-electron chi connectivity index (χ2n) is 11.8. The maximum Gasteiger partial charge on any atom is 0.225 e. The van der Waals surface area contributed by atoms with Crippen molar-refractivity contribution >= 4 is 5.91 Å². The van der Waals surface area contributed by atoms with Gasteiger partial charge in [0.2, 0.25) is 5.91 Å². The Kier molecular flexibility index (Phi) is 8.83. The molecular weight excluding hydrogens is 458 g/mol. The van der Waals surface area contributed by atoms with E-state index in [1.807, 2.05) is 0 Å². The first-order valence-corrected chi connectivity index (χ1v) is 14.5. The number of carbonyl (C=O) groups is 1. The Morgan fingerprint density at radius 2 is 1.62 bits per heavy atom. The number of fused-ring (bicyclic) bond motifs is 1. The number of para-hydroxylation sites is 1. The van der Waals surface area contributed by atoms with Gasteiger partial charge in [0.25, 0.3) is 0 Å².